The van der Waals surface area contributed by atoms with Gasteiger partial charge in [0.15, 0.2) is 0 Å². The summed E-state index contributed by atoms with van der Waals surface area (Å²) < 4.78 is 5.34. The van der Waals surface area contributed by atoms with Gasteiger partial charge in [0.2, 0.25) is 5.82 Å². The zero-order valence-corrected chi connectivity index (χ0v) is 13.5. The Morgan fingerprint density at radius 1 is 1.30 bits per heavy atom. The zero-order chi connectivity index (χ0) is 17.2. The lowest BCUT2D eigenvalue weighted by molar-refractivity contribution is -0.729. The van der Waals surface area contributed by atoms with Crippen LogP contribution in [-0.4, -0.2) is 57.9 Å². The van der Waals surface area contributed by atoms with Crippen molar-refractivity contribution in [2.75, 3.05) is 36.8 Å². The topological polar surface area (TPSA) is 112 Å². The van der Waals surface area contributed by atoms with Crippen LogP contribution in [0.3, 0.4) is 0 Å². The fourth-order valence-corrected chi connectivity index (χ4v) is 2.24. The molecule has 1 aliphatic heterocycles. The number of pyridine rings is 1. The molecular weight excluding hydrogens is 302 g/mol. The molecule has 9 heteroatoms. The minimum absolute atomic E-state index is 0.0467. The highest BCUT2D eigenvalue weighted by Crippen LogP contribution is 2.23. The van der Waals surface area contributed by atoms with Gasteiger partial charge in [0.1, 0.15) is 11.4 Å². The number of rotatable bonds is 2. The Kier molecular flexibility index (Phi) is 4.57. The van der Waals surface area contributed by atoms with Crippen LogP contribution in [0.2, 0.25) is 0 Å². The third-order valence-electron chi connectivity index (χ3n) is 3.35. The van der Waals surface area contributed by atoms with Gasteiger partial charge >= 0.3 is 11.8 Å². The number of ether oxygens (including phenoxy) is 1. The van der Waals surface area contributed by atoms with Gasteiger partial charge in [-0.05, 0) is 26.8 Å². The molecule has 1 aliphatic rings. The number of amides is 1. The van der Waals surface area contributed by atoms with Crippen molar-refractivity contribution in [1.82, 2.24) is 9.88 Å². The molecule has 1 amide bonds. The van der Waals surface area contributed by atoms with E-state index in [2.05, 4.69) is 4.98 Å². The fraction of sp³-hybridized carbons (Fsp3) is 0.571. The highest BCUT2D eigenvalue weighted by atomic mass is 16.6. The second kappa shape index (κ2) is 6.27. The van der Waals surface area contributed by atoms with Crippen LogP contribution in [-0.2, 0) is 4.74 Å². The van der Waals surface area contributed by atoms with E-state index in [9.17, 15) is 9.70 Å². The predicted octanol–water partition coefficient (Wildman–Crippen LogP) is 1.52. The van der Waals surface area contributed by atoms with Crippen molar-refractivity contribution in [2.45, 2.75) is 26.4 Å². The van der Waals surface area contributed by atoms with Gasteiger partial charge < -0.3 is 20.3 Å². The molecule has 0 atom stereocenters. The van der Waals surface area contributed by atoms with E-state index in [4.69, 9.17) is 15.7 Å². The van der Waals surface area contributed by atoms with Crippen LogP contribution in [0.5, 0.6) is 0 Å². The molecule has 0 spiro atoms. The fourth-order valence-electron chi connectivity index (χ4n) is 2.24. The summed E-state index contributed by atoms with van der Waals surface area (Å²) >= 11 is 0. The number of nitrogen functional groups attached to an aromatic ring is 1. The number of aromatic nitrogens is 1. The first-order chi connectivity index (χ1) is 10.7. The monoisotopic (exact) mass is 324 g/mol. The summed E-state index contributed by atoms with van der Waals surface area (Å²) in [5.74, 6) is 0.548. The third kappa shape index (κ3) is 4.21. The summed E-state index contributed by atoms with van der Waals surface area (Å²) in [5.41, 5.74) is 5.03. The maximum absolute atomic E-state index is 12.0. The lowest BCUT2D eigenvalue weighted by atomic mass is 10.2. The summed E-state index contributed by atoms with van der Waals surface area (Å²) in [6.07, 6.45) is -0.331. The first kappa shape index (κ1) is 16.8. The van der Waals surface area contributed by atoms with Crippen LogP contribution in [0.15, 0.2) is 12.1 Å². The standard InChI is InChI=1S/C14H22N5O4/c1-14(2,3)23-13(20)18-8-6-17(7-9-18)11-5-4-10(19(21)22)12(15)16-11/h4-5H,6-9H2,1-3H3,(H2,15,16)(H,21,22)/q+1. The predicted molar refractivity (Wildman–Crippen MR) is 83.7 cm³/mol. The molecule has 9 nitrogen and oxygen atoms in total. The Morgan fingerprint density at radius 2 is 1.91 bits per heavy atom. The maximum Gasteiger partial charge on any atom is 0.410 e. The number of anilines is 2. The number of hydrogen-bond acceptors (Lipinski definition) is 6. The lowest BCUT2D eigenvalue weighted by Gasteiger charge is -2.36. The van der Waals surface area contributed by atoms with Gasteiger partial charge in [0.05, 0.1) is 4.91 Å². The number of nitrogens with zero attached hydrogens (tertiary/aromatic N) is 4. The molecule has 0 radical (unpaired) electrons. The molecule has 1 aromatic rings. The van der Waals surface area contributed by atoms with Crippen molar-refractivity contribution in [3.05, 3.63) is 17.0 Å². The molecule has 126 valence electrons. The smallest absolute Gasteiger partial charge is 0.410 e. The van der Waals surface area contributed by atoms with Crippen LogP contribution in [0.25, 0.3) is 0 Å². The van der Waals surface area contributed by atoms with Crippen molar-refractivity contribution in [3.8, 4) is 0 Å². The van der Waals surface area contributed by atoms with E-state index in [-0.39, 0.29) is 22.5 Å². The summed E-state index contributed by atoms with van der Waals surface area (Å²) in [6.45, 7) is 7.65. The normalized spacial score (nSPS) is 15.4. The van der Waals surface area contributed by atoms with Gasteiger partial charge in [0, 0.05) is 32.2 Å². The number of nitrogens with two attached hydrogens (primary N) is 1. The number of carbonyl (C=O) groups excluding carboxylic acids is 1. The number of piperazine rings is 1. The number of carbonyl (C=O) groups is 1. The van der Waals surface area contributed by atoms with Gasteiger partial charge in [-0.3, -0.25) is 0 Å². The van der Waals surface area contributed by atoms with Crippen molar-refractivity contribution >= 4 is 23.4 Å². The van der Waals surface area contributed by atoms with E-state index in [1.165, 1.54) is 6.07 Å². The molecule has 1 saturated heterocycles. The lowest BCUT2D eigenvalue weighted by Crippen LogP contribution is -2.50. The molecule has 1 fully saturated rings. The Bertz CT molecular complexity index is 606. The summed E-state index contributed by atoms with van der Waals surface area (Å²) in [4.78, 5) is 30.3. The molecule has 0 unspecified atom stereocenters. The minimum atomic E-state index is -0.519. The average Bonchev–Trinajstić information content (AvgIpc) is 2.45. The quantitative estimate of drug-likeness (QED) is 0.793. The van der Waals surface area contributed by atoms with Crippen molar-refractivity contribution in [2.24, 2.45) is 0 Å². The Morgan fingerprint density at radius 3 is 2.39 bits per heavy atom. The van der Waals surface area contributed by atoms with E-state index in [1.807, 2.05) is 25.7 Å². The van der Waals surface area contributed by atoms with E-state index >= 15 is 0 Å². The van der Waals surface area contributed by atoms with E-state index < -0.39 is 5.60 Å². The van der Waals surface area contributed by atoms with Crippen LogP contribution < -0.4 is 10.6 Å². The molecule has 0 bridgehead atoms. The number of hydrogen-bond donors (Lipinski definition) is 2. The maximum atomic E-state index is 12.0. The van der Waals surface area contributed by atoms with Crippen LogP contribution in [0.1, 0.15) is 20.8 Å². The van der Waals surface area contributed by atoms with E-state index in [0.717, 1.165) is 0 Å². The second-order valence-electron chi connectivity index (χ2n) is 6.30. The van der Waals surface area contributed by atoms with Gasteiger partial charge in [-0.15, -0.1) is 0 Å². The molecule has 0 aromatic carbocycles. The molecular formula is C14H22N5O4+. The molecule has 0 saturated carbocycles. The van der Waals surface area contributed by atoms with Crippen LogP contribution >= 0.6 is 0 Å². The van der Waals surface area contributed by atoms with Gasteiger partial charge in [-0.1, -0.05) is 0 Å². The van der Waals surface area contributed by atoms with Crippen LogP contribution in [0, 0.1) is 4.91 Å². The molecule has 2 heterocycles. The largest absolute Gasteiger partial charge is 0.444 e. The zero-order valence-electron chi connectivity index (χ0n) is 13.5. The highest BCUT2D eigenvalue weighted by Gasteiger charge is 2.27. The molecule has 1 aromatic heterocycles. The highest BCUT2D eigenvalue weighted by molar-refractivity contribution is 5.68. The summed E-state index contributed by atoms with van der Waals surface area (Å²) in [6, 6.07) is 3.01. The van der Waals surface area contributed by atoms with Gasteiger partial charge in [0.25, 0.3) is 4.92 Å². The second-order valence-corrected chi connectivity index (χ2v) is 6.30. The molecule has 0 aliphatic carbocycles. The van der Waals surface area contributed by atoms with Crippen LogP contribution in [0.4, 0.5) is 22.1 Å². The van der Waals surface area contributed by atoms with Crippen molar-refractivity contribution < 1.29 is 19.7 Å². The molecule has 3 N–H and O–H groups in total. The first-order valence-electron chi connectivity index (χ1n) is 7.33. The van der Waals surface area contributed by atoms with Crippen molar-refractivity contribution in [1.29, 1.82) is 0 Å². The van der Waals surface area contributed by atoms with Crippen molar-refractivity contribution in [3.63, 3.8) is 0 Å². The Labute approximate surface area is 134 Å². The minimum Gasteiger partial charge on any atom is -0.444 e. The van der Waals surface area contributed by atoms with Gasteiger partial charge in [-0.2, -0.15) is 0 Å². The van der Waals surface area contributed by atoms with E-state index in [1.54, 1.807) is 11.0 Å². The Hall–Kier alpha value is -2.58. The van der Waals surface area contributed by atoms with Gasteiger partial charge in [-0.25, -0.2) is 15.0 Å². The molecule has 2 rings (SSSR count). The average molecular weight is 324 g/mol. The molecule has 23 heavy (non-hydrogen) atoms. The first-order valence-corrected chi connectivity index (χ1v) is 7.33. The summed E-state index contributed by atoms with van der Waals surface area (Å²) in [5, 5.41) is 8.88. The summed E-state index contributed by atoms with van der Waals surface area (Å²) in [7, 11) is 0. The van der Waals surface area contributed by atoms with E-state index in [0.29, 0.717) is 32.0 Å². The third-order valence-corrected chi connectivity index (χ3v) is 3.35. The SMILES string of the molecule is CC(C)(C)OC(=O)N1CCN(c2ccc([N+](=O)O)c(N)n2)CC1. The Balaban J connectivity index is 1.98.